The zero-order valence-electron chi connectivity index (χ0n) is 9.47. The summed E-state index contributed by atoms with van der Waals surface area (Å²) in [6, 6.07) is 8.55. The molecule has 5 nitrogen and oxygen atoms in total. The third kappa shape index (κ3) is 2.51. The number of hydrogen-bond acceptors (Lipinski definition) is 3. The van der Waals surface area contributed by atoms with Gasteiger partial charge in [0, 0.05) is 5.56 Å². The molecule has 1 atom stereocenters. The summed E-state index contributed by atoms with van der Waals surface area (Å²) in [6.45, 7) is 1.85. The zero-order valence-corrected chi connectivity index (χ0v) is 9.47. The van der Waals surface area contributed by atoms with Crippen molar-refractivity contribution in [3.63, 3.8) is 0 Å². The van der Waals surface area contributed by atoms with Crippen molar-refractivity contribution in [3.8, 4) is 0 Å². The average molecular weight is 230 g/mol. The van der Waals surface area contributed by atoms with Crippen molar-refractivity contribution in [2.75, 3.05) is 5.32 Å². The van der Waals surface area contributed by atoms with Gasteiger partial charge >= 0.3 is 0 Å². The fraction of sp³-hybridized carbons (Fsp3) is 0.167. The first kappa shape index (κ1) is 11.3. The summed E-state index contributed by atoms with van der Waals surface area (Å²) in [5.74, 6) is 0.324. The maximum atomic E-state index is 11.9. The number of carbonyl (C=O) groups excluding carboxylic acids is 1. The summed E-state index contributed by atoms with van der Waals surface area (Å²) in [5, 5.41) is 9.24. The Balaban J connectivity index is 2.09. The number of aryl methyl sites for hydroxylation is 1. The molecule has 0 aliphatic rings. The van der Waals surface area contributed by atoms with Gasteiger partial charge in [-0.15, -0.1) is 0 Å². The SMILES string of the molecule is Cc1cn[nH]c1NC(=O)C(N)c1ccccc1. The van der Waals surface area contributed by atoms with Gasteiger partial charge in [0.25, 0.3) is 0 Å². The van der Waals surface area contributed by atoms with Crippen LogP contribution in [-0.2, 0) is 4.79 Å². The van der Waals surface area contributed by atoms with E-state index in [0.717, 1.165) is 11.1 Å². The monoisotopic (exact) mass is 230 g/mol. The standard InChI is InChI=1S/C12H14N4O/c1-8-7-14-16-11(8)15-12(17)10(13)9-5-3-2-4-6-9/h2-7,10H,13H2,1H3,(H2,14,15,16,17). The molecule has 2 rings (SSSR count). The van der Waals surface area contributed by atoms with E-state index in [9.17, 15) is 4.79 Å². The van der Waals surface area contributed by atoms with Crippen molar-refractivity contribution in [1.82, 2.24) is 10.2 Å². The molecule has 1 aromatic heterocycles. The molecule has 1 amide bonds. The normalized spacial score (nSPS) is 12.1. The highest BCUT2D eigenvalue weighted by Gasteiger charge is 2.16. The van der Waals surface area contributed by atoms with Crippen LogP contribution < -0.4 is 11.1 Å². The number of rotatable bonds is 3. The Hall–Kier alpha value is -2.14. The highest BCUT2D eigenvalue weighted by molar-refractivity contribution is 5.95. The van der Waals surface area contributed by atoms with Gasteiger partial charge < -0.3 is 11.1 Å². The van der Waals surface area contributed by atoms with Gasteiger partial charge in [0.15, 0.2) is 0 Å². The third-order valence-electron chi connectivity index (χ3n) is 2.52. The number of nitrogens with one attached hydrogen (secondary N) is 2. The molecule has 1 aromatic carbocycles. The molecule has 0 radical (unpaired) electrons. The second-order valence-corrected chi connectivity index (χ2v) is 3.81. The molecule has 0 saturated carbocycles. The number of anilines is 1. The number of nitrogens with zero attached hydrogens (tertiary/aromatic N) is 1. The van der Waals surface area contributed by atoms with E-state index in [2.05, 4.69) is 15.5 Å². The van der Waals surface area contributed by atoms with E-state index in [0.29, 0.717) is 5.82 Å². The molecule has 0 spiro atoms. The van der Waals surface area contributed by atoms with E-state index in [1.165, 1.54) is 0 Å². The van der Waals surface area contributed by atoms with Gasteiger partial charge in [-0.1, -0.05) is 30.3 Å². The van der Waals surface area contributed by atoms with Crippen LogP contribution >= 0.6 is 0 Å². The highest BCUT2D eigenvalue weighted by atomic mass is 16.2. The molecular weight excluding hydrogens is 216 g/mol. The van der Waals surface area contributed by atoms with Crippen LogP contribution in [0.25, 0.3) is 0 Å². The first-order chi connectivity index (χ1) is 8.18. The van der Waals surface area contributed by atoms with Gasteiger partial charge in [0.05, 0.1) is 6.20 Å². The maximum Gasteiger partial charge on any atom is 0.247 e. The minimum Gasteiger partial charge on any atom is -0.316 e. The Morgan fingerprint density at radius 1 is 1.41 bits per heavy atom. The number of amides is 1. The van der Waals surface area contributed by atoms with Crippen molar-refractivity contribution >= 4 is 11.7 Å². The minimum atomic E-state index is -0.682. The molecule has 1 heterocycles. The van der Waals surface area contributed by atoms with Crippen LogP contribution in [0, 0.1) is 6.92 Å². The quantitative estimate of drug-likeness (QED) is 0.744. The highest BCUT2D eigenvalue weighted by Crippen LogP contribution is 2.14. The molecule has 1 unspecified atom stereocenters. The van der Waals surface area contributed by atoms with Crippen LogP contribution in [0.3, 0.4) is 0 Å². The van der Waals surface area contributed by atoms with Crippen LogP contribution in [0.15, 0.2) is 36.5 Å². The molecule has 5 heteroatoms. The molecular formula is C12H14N4O. The zero-order chi connectivity index (χ0) is 12.3. The maximum absolute atomic E-state index is 11.9. The average Bonchev–Trinajstić information content (AvgIpc) is 2.75. The number of benzene rings is 1. The van der Waals surface area contributed by atoms with Crippen LogP contribution in [0.1, 0.15) is 17.2 Å². The van der Waals surface area contributed by atoms with E-state index in [-0.39, 0.29) is 5.91 Å². The van der Waals surface area contributed by atoms with Gasteiger partial charge in [-0.3, -0.25) is 9.89 Å². The fourth-order valence-electron chi connectivity index (χ4n) is 1.49. The van der Waals surface area contributed by atoms with Gasteiger partial charge in [0.1, 0.15) is 11.9 Å². The van der Waals surface area contributed by atoms with E-state index < -0.39 is 6.04 Å². The number of hydrogen-bond donors (Lipinski definition) is 3. The first-order valence-corrected chi connectivity index (χ1v) is 5.30. The van der Waals surface area contributed by atoms with Crippen molar-refractivity contribution in [2.45, 2.75) is 13.0 Å². The second-order valence-electron chi connectivity index (χ2n) is 3.81. The lowest BCUT2D eigenvalue weighted by Crippen LogP contribution is -2.28. The Morgan fingerprint density at radius 3 is 2.71 bits per heavy atom. The largest absolute Gasteiger partial charge is 0.316 e. The smallest absolute Gasteiger partial charge is 0.247 e. The molecule has 0 fully saturated rings. The predicted molar refractivity (Wildman–Crippen MR) is 65.3 cm³/mol. The molecule has 0 aliphatic heterocycles. The number of aromatic nitrogens is 2. The second kappa shape index (κ2) is 4.80. The van der Waals surface area contributed by atoms with E-state index in [1.807, 2.05) is 37.3 Å². The Bertz CT molecular complexity index is 506. The van der Waals surface area contributed by atoms with Crippen LogP contribution in [0.4, 0.5) is 5.82 Å². The van der Waals surface area contributed by atoms with Crippen molar-refractivity contribution in [3.05, 3.63) is 47.7 Å². The summed E-state index contributed by atoms with van der Waals surface area (Å²) in [7, 11) is 0. The Morgan fingerprint density at radius 2 is 2.12 bits per heavy atom. The molecule has 0 aliphatic carbocycles. The summed E-state index contributed by atoms with van der Waals surface area (Å²) >= 11 is 0. The van der Waals surface area contributed by atoms with Crippen molar-refractivity contribution in [1.29, 1.82) is 0 Å². The molecule has 0 bridgehead atoms. The first-order valence-electron chi connectivity index (χ1n) is 5.30. The fourth-order valence-corrected chi connectivity index (χ4v) is 1.49. The van der Waals surface area contributed by atoms with Gasteiger partial charge in [-0.25, -0.2) is 0 Å². The number of H-pyrrole nitrogens is 1. The van der Waals surface area contributed by atoms with Gasteiger partial charge in [-0.05, 0) is 12.5 Å². The van der Waals surface area contributed by atoms with Crippen LogP contribution in [0.5, 0.6) is 0 Å². The van der Waals surface area contributed by atoms with E-state index >= 15 is 0 Å². The number of carbonyl (C=O) groups is 1. The Kier molecular flexibility index (Phi) is 3.20. The molecule has 0 saturated heterocycles. The topological polar surface area (TPSA) is 83.8 Å². The molecule has 17 heavy (non-hydrogen) atoms. The molecule has 4 N–H and O–H groups in total. The lowest BCUT2D eigenvalue weighted by molar-refractivity contribution is -0.117. The number of aromatic amines is 1. The van der Waals surface area contributed by atoms with Gasteiger partial charge in [-0.2, -0.15) is 5.10 Å². The minimum absolute atomic E-state index is 0.261. The van der Waals surface area contributed by atoms with E-state index in [4.69, 9.17) is 5.73 Å². The van der Waals surface area contributed by atoms with Crippen molar-refractivity contribution in [2.24, 2.45) is 5.73 Å². The van der Waals surface area contributed by atoms with Gasteiger partial charge in [0.2, 0.25) is 5.91 Å². The summed E-state index contributed by atoms with van der Waals surface area (Å²) in [4.78, 5) is 11.9. The third-order valence-corrected chi connectivity index (χ3v) is 2.52. The molecule has 2 aromatic rings. The summed E-state index contributed by atoms with van der Waals surface area (Å²) in [6.07, 6.45) is 1.64. The Labute approximate surface area is 99.0 Å². The van der Waals surface area contributed by atoms with Crippen LogP contribution in [-0.4, -0.2) is 16.1 Å². The number of nitrogens with two attached hydrogens (primary N) is 1. The molecule has 88 valence electrons. The lowest BCUT2D eigenvalue weighted by atomic mass is 10.1. The van der Waals surface area contributed by atoms with Crippen LogP contribution in [0.2, 0.25) is 0 Å². The summed E-state index contributed by atoms with van der Waals surface area (Å²) in [5.41, 5.74) is 7.51. The lowest BCUT2D eigenvalue weighted by Gasteiger charge is -2.11. The predicted octanol–water partition coefficient (Wildman–Crippen LogP) is 1.36. The summed E-state index contributed by atoms with van der Waals surface area (Å²) < 4.78 is 0. The van der Waals surface area contributed by atoms with E-state index in [1.54, 1.807) is 6.20 Å². The van der Waals surface area contributed by atoms with Crippen molar-refractivity contribution < 1.29 is 4.79 Å².